The Bertz CT molecular complexity index is 792. The fourth-order valence-corrected chi connectivity index (χ4v) is 1.95. The quantitative estimate of drug-likeness (QED) is 0.655. The van der Waals surface area contributed by atoms with Crippen molar-refractivity contribution in [2.45, 2.75) is 0 Å². The Morgan fingerprint density at radius 2 is 1.84 bits per heavy atom. The molecule has 0 saturated heterocycles. The highest BCUT2D eigenvalue weighted by atomic mass is 35.5. The van der Waals surface area contributed by atoms with Crippen LogP contribution in [0.1, 0.15) is 0 Å². The van der Waals surface area contributed by atoms with Gasteiger partial charge in [-0.3, -0.25) is 0 Å². The number of rotatable bonds is 2. The van der Waals surface area contributed by atoms with Crippen LogP contribution in [0.2, 0.25) is 5.02 Å². The van der Waals surface area contributed by atoms with Crippen molar-refractivity contribution in [2.24, 2.45) is 0 Å². The first kappa shape index (κ1) is 11.8. The molecular weight excluding hydrogens is 264 g/mol. The van der Waals surface area contributed by atoms with E-state index in [1.807, 2.05) is 18.2 Å². The van der Waals surface area contributed by atoms with Gasteiger partial charge in [-0.2, -0.15) is 0 Å². The summed E-state index contributed by atoms with van der Waals surface area (Å²) in [5.41, 5.74) is 0.0182. The molecule has 1 aromatic heterocycles. The number of benzene rings is 2. The molecule has 1 heterocycles. The van der Waals surface area contributed by atoms with Gasteiger partial charge in [-0.15, -0.1) is 0 Å². The molecule has 2 aromatic carbocycles. The van der Waals surface area contributed by atoms with E-state index >= 15 is 0 Å². The fraction of sp³-hybridized carbons (Fsp3) is 0. The molecule has 0 fully saturated rings. The first-order valence-electron chi connectivity index (χ1n) is 5.69. The smallest absolute Gasteiger partial charge is 0.379 e. The minimum absolute atomic E-state index is 0.140. The zero-order valence-corrected chi connectivity index (χ0v) is 10.6. The molecular formula is C15H9ClO3. The van der Waals surface area contributed by atoms with Gasteiger partial charge in [0.25, 0.3) is 0 Å². The Morgan fingerprint density at radius 3 is 2.68 bits per heavy atom. The van der Waals surface area contributed by atoms with Crippen LogP contribution in [0.5, 0.6) is 11.5 Å². The van der Waals surface area contributed by atoms with Crippen LogP contribution in [-0.2, 0) is 0 Å². The summed E-state index contributed by atoms with van der Waals surface area (Å²) < 4.78 is 10.7. The zero-order chi connectivity index (χ0) is 13.2. The Balaban J connectivity index is 2.05. The lowest BCUT2D eigenvalue weighted by molar-refractivity contribution is 0.437. The Kier molecular flexibility index (Phi) is 2.97. The van der Waals surface area contributed by atoms with Gasteiger partial charge in [0.15, 0.2) is 0 Å². The van der Waals surface area contributed by atoms with E-state index in [0.717, 1.165) is 5.39 Å². The second kappa shape index (κ2) is 4.78. The Morgan fingerprint density at radius 1 is 1.00 bits per heavy atom. The summed E-state index contributed by atoms with van der Waals surface area (Å²) >= 11 is 5.86. The summed E-state index contributed by atoms with van der Waals surface area (Å²) in [5, 5.41) is 1.35. The molecule has 0 saturated carbocycles. The second-order valence-corrected chi connectivity index (χ2v) is 4.43. The van der Waals surface area contributed by atoms with Crippen molar-refractivity contribution < 1.29 is 9.15 Å². The van der Waals surface area contributed by atoms with E-state index in [1.165, 1.54) is 0 Å². The summed E-state index contributed by atoms with van der Waals surface area (Å²) in [6.45, 7) is 0. The number of fused-ring (bicyclic) bond motifs is 1. The molecule has 3 nitrogen and oxygen atoms in total. The number of hydrogen-bond donors (Lipinski definition) is 0. The average Bonchev–Trinajstić information content (AvgIpc) is 2.40. The van der Waals surface area contributed by atoms with Crippen molar-refractivity contribution in [1.82, 2.24) is 0 Å². The van der Waals surface area contributed by atoms with Crippen LogP contribution in [0.3, 0.4) is 0 Å². The molecule has 0 amide bonds. The minimum atomic E-state index is -0.515. The molecule has 0 spiro atoms. The lowest BCUT2D eigenvalue weighted by Gasteiger charge is -2.05. The third kappa shape index (κ3) is 2.46. The van der Waals surface area contributed by atoms with Crippen LogP contribution in [0, 0.1) is 0 Å². The number of ether oxygens (including phenoxy) is 1. The first-order chi connectivity index (χ1) is 9.22. The lowest BCUT2D eigenvalue weighted by atomic mass is 10.2. The highest BCUT2D eigenvalue weighted by Crippen LogP contribution is 2.24. The monoisotopic (exact) mass is 272 g/mol. The van der Waals surface area contributed by atoms with Crippen LogP contribution in [0.15, 0.2) is 63.8 Å². The van der Waals surface area contributed by atoms with Crippen LogP contribution >= 0.6 is 11.6 Å². The molecule has 3 aromatic rings. The van der Waals surface area contributed by atoms with E-state index in [0.29, 0.717) is 16.4 Å². The van der Waals surface area contributed by atoms with Crippen LogP contribution in [0.4, 0.5) is 0 Å². The Hall–Kier alpha value is -2.26. The molecule has 0 bridgehead atoms. The summed E-state index contributed by atoms with van der Waals surface area (Å²) in [4.78, 5) is 11.8. The van der Waals surface area contributed by atoms with Crippen LogP contribution in [0.25, 0.3) is 11.0 Å². The topological polar surface area (TPSA) is 39.4 Å². The first-order valence-corrected chi connectivity index (χ1v) is 6.06. The van der Waals surface area contributed by atoms with Gasteiger partial charge >= 0.3 is 5.63 Å². The van der Waals surface area contributed by atoms with Gasteiger partial charge in [0.05, 0.1) is 0 Å². The van der Waals surface area contributed by atoms with Crippen molar-refractivity contribution in [2.75, 3.05) is 0 Å². The van der Waals surface area contributed by atoms with Crippen molar-refractivity contribution in [3.63, 3.8) is 0 Å². The second-order valence-electron chi connectivity index (χ2n) is 4.00. The van der Waals surface area contributed by atoms with Gasteiger partial charge < -0.3 is 9.15 Å². The number of para-hydroxylation sites is 1. The molecule has 0 unspecified atom stereocenters. The predicted octanol–water partition coefficient (Wildman–Crippen LogP) is 4.24. The molecule has 3 rings (SSSR count). The van der Waals surface area contributed by atoms with Crippen molar-refractivity contribution in [1.29, 1.82) is 0 Å². The highest BCUT2D eigenvalue weighted by molar-refractivity contribution is 6.30. The zero-order valence-electron chi connectivity index (χ0n) is 9.80. The summed E-state index contributed by atoms with van der Waals surface area (Å²) in [7, 11) is 0. The maximum atomic E-state index is 11.8. The maximum Gasteiger partial charge on any atom is 0.379 e. The minimum Gasteiger partial charge on any atom is -0.450 e. The molecule has 0 atom stereocenters. The van der Waals surface area contributed by atoms with Gasteiger partial charge in [-0.05, 0) is 30.3 Å². The molecule has 4 heteroatoms. The SMILES string of the molecule is O=c1oc2ccccc2cc1Oc1cccc(Cl)c1. The van der Waals surface area contributed by atoms with Gasteiger partial charge in [0.1, 0.15) is 11.3 Å². The van der Waals surface area contributed by atoms with Crippen LogP contribution in [-0.4, -0.2) is 0 Å². The normalized spacial score (nSPS) is 10.6. The standard InChI is InChI=1S/C15H9ClO3/c16-11-5-3-6-12(9-11)18-14-8-10-4-1-2-7-13(10)19-15(14)17/h1-9H. The molecule has 19 heavy (non-hydrogen) atoms. The molecule has 0 aliphatic carbocycles. The molecule has 94 valence electrons. The van der Waals surface area contributed by atoms with E-state index in [-0.39, 0.29) is 5.75 Å². The summed E-state index contributed by atoms with van der Waals surface area (Å²) in [5.74, 6) is 0.635. The van der Waals surface area contributed by atoms with E-state index < -0.39 is 5.63 Å². The predicted molar refractivity (Wildman–Crippen MR) is 74.0 cm³/mol. The Labute approximate surface area is 114 Å². The van der Waals surface area contributed by atoms with E-state index in [4.69, 9.17) is 20.8 Å². The van der Waals surface area contributed by atoms with Crippen LogP contribution < -0.4 is 10.4 Å². The summed E-state index contributed by atoms with van der Waals surface area (Å²) in [6, 6.07) is 15.8. The van der Waals surface area contributed by atoms with E-state index in [1.54, 1.807) is 36.4 Å². The van der Waals surface area contributed by atoms with E-state index in [2.05, 4.69) is 0 Å². The van der Waals surface area contributed by atoms with Crippen molar-refractivity contribution >= 4 is 22.6 Å². The van der Waals surface area contributed by atoms with Gasteiger partial charge in [0.2, 0.25) is 5.75 Å². The number of hydrogen-bond acceptors (Lipinski definition) is 3. The average molecular weight is 273 g/mol. The number of halogens is 1. The van der Waals surface area contributed by atoms with Gasteiger partial charge in [-0.25, -0.2) is 4.79 Å². The molecule has 0 N–H and O–H groups in total. The van der Waals surface area contributed by atoms with Gasteiger partial charge in [0, 0.05) is 10.4 Å². The largest absolute Gasteiger partial charge is 0.450 e. The third-order valence-electron chi connectivity index (χ3n) is 2.63. The fourth-order valence-electron chi connectivity index (χ4n) is 1.77. The van der Waals surface area contributed by atoms with Gasteiger partial charge in [-0.1, -0.05) is 35.9 Å². The maximum absolute atomic E-state index is 11.8. The van der Waals surface area contributed by atoms with Crippen molar-refractivity contribution in [3.8, 4) is 11.5 Å². The third-order valence-corrected chi connectivity index (χ3v) is 2.87. The molecule has 0 aliphatic heterocycles. The molecule has 0 aliphatic rings. The molecule has 0 radical (unpaired) electrons. The summed E-state index contributed by atoms with van der Waals surface area (Å²) in [6.07, 6.45) is 0. The highest BCUT2D eigenvalue weighted by Gasteiger charge is 2.07. The van der Waals surface area contributed by atoms with Crippen molar-refractivity contribution in [3.05, 3.63) is 70.0 Å². The lowest BCUT2D eigenvalue weighted by Crippen LogP contribution is -2.02. The van der Waals surface area contributed by atoms with E-state index in [9.17, 15) is 4.79 Å².